The first-order valence-corrected chi connectivity index (χ1v) is 7.13. The molecule has 2 rings (SSSR count). The molecule has 0 radical (unpaired) electrons. The minimum Gasteiger partial charge on any atom is -0.389 e. The summed E-state index contributed by atoms with van der Waals surface area (Å²) in [5, 5.41) is 10.6. The summed E-state index contributed by atoms with van der Waals surface area (Å²) < 4.78 is 0.815. The van der Waals surface area contributed by atoms with Crippen LogP contribution in [0.5, 0.6) is 0 Å². The van der Waals surface area contributed by atoms with Crippen LogP contribution in [0.1, 0.15) is 38.0 Å². The lowest BCUT2D eigenvalue weighted by Crippen LogP contribution is -2.39. The summed E-state index contributed by atoms with van der Waals surface area (Å²) in [5.74, 6) is 1.26. The van der Waals surface area contributed by atoms with Crippen LogP contribution < -0.4 is 0 Å². The molecule has 0 aliphatic heterocycles. The number of hydrogen-bond acceptors (Lipinski definition) is 2. The van der Waals surface area contributed by atoms with Crippen molar-refractivity contribution in [2.45, 2.75) is 45.1 Å². The van der Waals surface area contributed by atoms with Crippen molar-refractivity contribution in [1.82, 2.24) is 0 Å². The Balaban J connectivity index is 2.07. The van der Waals surface area contributed by atoms with Gasteiger partial charge in [0.2, 0.25) is 0 Å². The fourth-order valence-corrected chi connectivity index (χ4v) is 4.37. The van der Waals surface area contributed by atoms with Crippen LogP contribution in [0.4, 0.5) is 0 Å². The van der Waals surface area contributed by atoms with Gasteiger partial charge in [0, 0.05) is 11.3 Å². The summed E-state index contributed by atoms with van der Waals surface area (Å²) in [5.41, 5.74) is -0.509. The monoisotopic (exact) mass is 258 g/mol. The molecule has 2 atom stereocenters. The highest BCUT2D eigenvalue weighted by Gasteiger charge is 2.36. The lowest BCUT2D eigenvalue weighted by molar-refractivity contribution is -0.0298. The Bertz CT molecular complexity index is 351. The first-order chi connectivity index (χ1) is 7.47. The van der Waals surface area contributed by atoms with Crippen molar-refractivity contribution < 1.29 is 5.11 Å². The fraction of sp³-hybridized carbons (Fsp3) is 0.692. The van der Waals surface area contributed by atoms with Gasteiger partial charge in [-0.25, -0.2) is 0 Å². The second-order valence-corrected chi connectivity index (χ2v) is 7.26. The van der Waals surface area contributed by atoms with Crippen molar-refractivity contribution >= 4 is 22.9 Å². The van der Waals surface area contributed by atoms with E-state index in [0.717, 1.165) is 23.6 Å². The fourth-order valence-electron chi connectivity index (χ4n) is 3.15. The Hall–Kier alpha value is -0.0500. The van der Waals surface area contributed by atoms with E-state index in [0.29, 0.717) is 11.8 Å². The molecular formula is C13H19ClOS. The molecule has 16 heavy (non-hydrogen) atoms. The number of rotatable bonds is 2. The third-order valence-electron chi connectivity index (χ3n) is 3.39. The quantitative estimate of drug-likeness (QED) is 0.846. The molecule has 2 unspecified atom stereocenters. The molecule has 1 N–H and O–H groups in total. The van der Waals surface area contributed by atoms with Gasteiger partial charge in [0.25, 0.3) is 0 Å². The smallest absolute Gasteiger partial charge is 0.0931 e. The van der Waals surface area contributed by atoms with Gasteiger partial charge in [-0.05, 0) is 43.2 Å². The van der Waals surface area contributed by atoms with Crippen molar-refractivity contribution in [2.24, 2.45) is 11.8 Å². The molecular weight excluding hydrogens is 240 g/mol. The maximum atomic E-state index is 10.6. The topological polar surface area (TPSA) is 20.2 Å². The van der Waals surface area contributed by atoms with Crippen LogP contribution in [-0.4, -0.2) is 10.7 Å². The second-order valence-electron chi connectivity index (χ2n) is 5.46. The number of aliphatic hydroxyl groups is 1. The van der Waals surface area contributed by atoms with Crippen LogP contribution in [0, 0.1) is 11.8 Å². The predicted octanol–water partition coefficient (Wildman–Crippen LogP) is 4.13. The molecule has 1 saturated carbocycles. The molecule has 0 bridgehead atoms. The molecule has 1 heterocycles. The Morgan fingerprint density at radius 3 is 2.50 bits per heavy atom. The number of hydrogen-bond donors (Lipinski definition) is 1. The van der Waals surface area contributed by atoms with Gasteiger partial charge >= 0.3 is 0 Å². The van der Waals surface area contributed by atoms with Gasteiger partial charge in [-0.2, -0.15) is 0 Å². The van der Waals surface area contributed by atoms with Crippen molar-refractivity contribution in [3.8, 4) is 0 Å². The first kappa shape index (κ1) is 12.4. The molecule has 0 amide bonds. The van der Waals surface area contributed by atoms with Gasteiger partial charge in [-0.15, -0.1) is 11.3 Å². The lowest BCUT2D eigenvalue weighted by atomic mass is 9.72. The standard InChI is InChI=1S/C13H19ClOS/c1-9-5-10(2)7-13(15,6-9)8-11-3-4-12(14)16-11/h3-4,9-10,15H,5-8H2,1-2H3. The van der Waals surface area contributed by atoms with Gasteiger partial charge in [0.05, 0.1) is 9.94 Å². The Kier molecular flexibility index (Phi) is 3.62. The van der Waals surface area contributed by atoms with Crippen molar-refractivity contribution in [3.05, 3.63) is 21.3 Å². The third-order valence-corrected chi connectivity index (χ3v) is 4.62. The summed E-state index contributed by atoms with van der Waals surface area (Å²) in [6, 6.07) is 3.95. The Labute approximate surface area is 106 Å². The molecule has 1 fully saturated rings. The van der Waals surface area contributed by atoms with Crippen molar-refractivity contribution in [2.75, 3.05) is 0 Å². The second kappa shape index (κ2) is 4.67. The molecule has 1 aliphatic carbocycles. The lowest BCUT2D eigenvalue weighted by Gasteiger charge is -2.38. The molecule has 90 valence electrons. The van der Waals surface area contributed by atoms with Gasteiger partial charge in [0.15, 0.2) is 0 Å². The molecule has 1 aliphatic rings. The van der Waals surface area contributed by atoms with E-state index in [2.05, 4.69) is 13.8 Å². The number of thiophene rings is 1. The third kappa shape index (κ3) is 2.99. The first-order valence-electron chi connectivity index (χ1n) is 5.93. The minimum atomic E-state index is -0.509. The van der Waals surface area contributed by atoms with Crippen LogP contribution in [-0.2, 0) is 6.42 Å². The molecule has 3 heteroatoms. The van der Waals surface area contributed by atoms with Crippen LogP contribution >= 0.6 is 22.9 Å². The van der Waals surface area contributed by atoms with E-state index in [1.165, 1.54) is 11.3 Å². The van der Waals surface area contributed by atoms with Crippen LogP contribution in [0.3, 0.4) is 0 Å². The van der Waals surface area contributed by atoms with Gasteiger partial charge in [0.1, 0.15) is 0 Å². The average molecular weight is 259 g/mol. The zero-order valence-corrected chi connectivity index (χ0v) is 11.4. The van der Waals surface area contributed by atoms with E-state index in [9.17, 15) is 5.11 Å². The van der Waals surface area contributed by atoms with Crippen LogP contribution in [0.25, 0.3) is 0 Å². The zero-order valence-electron chi connectivity index (χ0n) is 9.87. The van der Waals surface area contributed by atoms with Crippen LogP contribution in [0.15, 0.2) is 12.1 Å². The molecule has 0 aromatic carbocycles. The Morgan fingerprint density at radius 2 is 2.00 bits per heavy atom. The highest BCUT2D eigenvalue weighted by molar-refractivity contribution is 7.16. The van der Waals surface area contributed by atoms with Gasteiger partial charge in [-0.3, -0.25) is 0 Å². The predicted molar refractivity (Wildman–Crippen MR) is 70.2 cm³/mol. The molecule has 0 saturated heterocycles. The maximum absolute atomic E-state index is 10.6. The van der Waals surface area contributed by atoms with E-state index >= 15 is 0 Å². The van der Waals surface area contributed by atoms with E-state index in [-0.39, 0.29) is 0 Å². The largest absolute Gasteiger partial charge is 0.389 e. The Morgan fingerprint density at radius 1 is 1.38 bits per heavy atom. The summed E-state index contributed by atoms with van der Waals surface area (Å²) in [7, 11) is 0. The highest BCUT2D eigenvalue weighted by Crippen LogP contribution is 2.39. The summed E-state index contributed by atoms with van der Waals surface area (Å²) >= 11 is 7.51. The van der Waals surface area contributed by atoms with Crippen molar-refractivity contribution in [3.63, 3.8) is 0 Å². The highest BCUT2D eigenvalue weighted by atomic mass is 35.5. The minimum absolute atomic E-state index is 0.509. The summed E-state index contributed by atoms with van der Waals surface area (Å²) in [6.45, 7) is 4.48. The SMILES string of the molecule is CC1CC(C)CC(O)(Cc2ccc(Cl)s2)C1. The van der Waals surface area contributed by atoms with Gasteiger partial charge in [-0.1, -0.05) is 25.4 Å². The molecule has 0 spiro atoms. The van der Waals surface area contributed by atoms with Crippen molar-refractivity contribution in [1.29, 1.82) is 0 Å². The van der Waals surface area contributed by atoms with E-state index in [1.807, 2.05) is 12.1 Å². The zero-order chi connectivity index (χ0) is 11.8. The average Bonchev–Trinajstić information content (AvgIpc) is 2.47. The molecule has 1 nitrogen and oxygen atoms in total. The normalized spacial score (nSPS) is 35.2. The summed E-state index contributed by atoms with van der Waals surface area (Å²) in [4.78, 5) is 1.20. The van der Waals surface area contributed by atoms with E-state index in [4.69, 9.17) is 11.6 Å². The number of halogens is 1. The van der Waals surface area contributed by atoms with E-state index < -0.39 is 5.60 Å². The summed E-state index contributed by atoms with van der Waals surface area (Å²) in [6.07, 6.45) is 3.85. The van der Waals surface area contributed by atoms with E-state index in [1.54, 1.807) is 11.3 Å². The van der Waals surface area contributed by atoms with Crippen LogP contribution in [0.2, 0.25) is 4.34 Å². The van der Waals surface area contributed by atoms with Gasteiger partial charge < -0.3 is 5.11 Å². The molecule has 1 aromatic rings. The maximum Gasteiger partial charge on any atom is 0.0931 e. The molecule has 1 aromatic heterocycles.